The number of halogens is 1. The van der Waals surface area contributed by atoms with E-state index in [0.29, 0.717) is 10.7 Å². The number of rotatable bonds is 6. The van der Waals surface area contributed by atoms with E-state index in [0.717, 1.165) is 6.07 Å². The Bertz CT molecular complexity index is 856. The van der Waals surface area contributed by atoms with Crippen molar-refractivity contribution in [2.45, 2.75) is 13.0 Å². The zero-order valence-electron chi connectivity index (χ0n) is 14.0. The Morgan fingerprint density at radius 2 is 1.96 bits per heavy atom. The van der Waals surface area contributed by atoms with E-state index in [-0.39, 0.29) is 16.9 Å². The maximum Gasteiger partial charge on any atom is 0.339 e. The van der Waals surface area contributed by atoms with Crippen LogP contribution in [0.3, 0.4) is 0 Å². The van der Waals surface area contributed by atoms with Gasteiger partial charge in [0.2, 0.25) is 0 Å². The highest BCUT2D eigenvalue weighted by Crippen LogP contribution is 2.25. The number of amides is 1. The molecule has 9 heteroatoms. The lowest BCUT2D eigenvalue weighted by atomic mass is 10.1. The molecule has 0 aliphatic rings. The van der Waals surface area contributed by atoms with Gasteiger partial charge < -0.3 is 15.4 Å². The number of nitrogens with one attached hydrogen (secondary N) is 2. The molecule has 0 saturated carbocycles. The molecule has 2 aromatic carbocycles. The predicted octanol–water partition coefficient (Wildman–Crippen LogP) is 3.47. The molecule has 2 aromatic rings. The Labute approximate surface area is 154 Å². The first kappa shape index (κ1) is 19.2. The first-order chi connectivity index (χ1) is 12.3. The lowest BCUT2D eigenvalue weighted by Crippen LogP contribution is -2.30. The molecular formula is C17H16ClN3O5. The zero-order chi connectivity index (χ0) is 19.3. The molecule has 8 nitrogen and oxygen atoms in total. The van der Waals surface area contributed by atoms with Crippen molar-refractivity contribution in [3.8, 4) is 0 Å². The van der Waals surface area contributed by atoms with Gasteiger partial charge in [-0.1, -0.05) is 17.7 Å². The molecule has 26 heavy (non-hydrogen) atoms. The van der Waals surface area contributed by atoms with Crippen LogP contribution in [0.5, 0.6) is 0 Å². The smallest absolute Gasteiger partial charge is 0.339 e. The molecule has 0 unspecified atom stereocenters. The topological polar surface area (TPSA) is 111 Å². The van der Waals surface area contributed by atoms with E-state index in [1.54, 1.807) is 24.3 Å². The quantitative estimate of drug-likeness (QED) is 0.453. The van der Waals surface area contributed by atoms with E-state index in [1.807, 2.05) is 0 Å². The summed E-state index contributed by atoms with van der Waals surface area (Å²) in [5.74, 6) is -1.40. The number of ether oxygens (including phenoxy) is 1. The van der Waals surface area contributed by atoms with Gasteiger partial charge in [-0.3, -0.25) is 14.9 Å². The van der Waals surface area contributed by atoms with E-state index in [9.17, 15) is 19.7 Å². The minimum absolute atomic E-state index is 0.0295. The molecule has 0 heterocycles. The highest BCUT2D eigenvalue weighted by atomic mass is 35.5. The van der Waals surface area contributed by atoms with Gasteiger partial charge in [0.05, 0.1) is 10.5 Å². The molecule has 0 saturated heterocycles. The minimum Gasteiger partial charge on any atom is -0.449 e. The molecule has 0 fully saturated rings. The lowest BCUT2D eigenvalue weighted by molar-refractivity contribution is -0.384. The average Bonchev–Trinajstić information content (AvgIpc) is 2.60. The summed E-state index contributed by atoms with van der Waals surface area (Å²) in [7, 11) is 1.53. The van der Waals surface area contributed by atoms with Crippen LogP contribution in [0, 0.1) is 10.1 Å². The molecule has 0 aromatic heterocycles. The van der Waals surface area contributed by atoms with Gasteiger partial charge in [0.1, 0.15) is 5.69 Å². The summed E-state index contributed by atoms with van der Waals surface area (Å²) in [6.07, 6.45) is -1.11. The number of hydrogen-bond acceptors (Lipinski definition) is 6. The predicted molar refractivity (Wildman–Crippen MR) is 97.6 cm³/mol. The van der Waals surface area contributed by atoms with Crippen LogP contribution in [-0.4, -0.2) is 30.0 Å². The van der Waals surface area contributed by atoms with Crippen molar-refractivity contribution in [1.82, 2.24) is 0 Å². The Kier molecular flexibility index (Phi) is 6.13. The number of carbonyl (C=O) groups is 2. The Morgan fingerprint density at radius 3 is 2.58 bits per heavy atom. The van der Waals surface area contributed by atoms with Gasteiger partial charge in [-0.15, -0.1) is 0 Å². The summed E-state index contributed by atoms with van der Waals surface area (Å²) >= 11 is 5.84. The molecular weight excluding hydrogens is 362 g/mol. The van der Waals surface area contributed by atoms with Crippen molar-refractivity contribution in [3.05, 3.63) is 63.2 Å². The maximum absolute atomic E-state index is 12.2. The van der Waals surface area contributed by atoms with E-state index >= 15 is 0 Å². The fraction of sp³-hybridized carbons (Fsp3) is 0.176. The molecule has 136 valence electrons. The molecule has 0 radical (unpaired) electrons. The summed E-state index contributed by atoms with van der Waals surface area (Å²) in [6.45, 7) is 1.40. The fourth-order valence-electron chi connectivity index (χ4n) is 2.11. The van der Waals surface area contributed by atoms with Gasteiger partial charge >= 0.3 is 5.97 Å². The van der Waals surface area contributed by atoms with Crippen LogP contribution >= 0.6 is 11.6 Å². The monoisotopic (exact) mass is 377 g/mol. The lowest BCUT2D eigenvalue weighted by Gasteiger charge is -2.14. The minimum atomic E-state index is -1.11. The summed E-state index contributed by atoms with van der Waals surface area (Å²) in [5, 5.41) is 16.7. The first-order valence-corrected chi connectivity index (χ1v) is 7.93. The van der Waals surface area contributed by atoms with Gasteiger partial charge in [0.25, 0.3) is 11.6 Å². The number of hydrogen-bond donors (Lipinski definition) is 2. The number of carbonyl (C=O) groups excluding carboxylic acids is 2. The maximum atomic E-state index is 12.2. The summed E-state index contributed by atoms with van der Waals surface area (Å²) in [4.78, 5) is 34.7. The largest absolute Gasteiger partial charge is 0.449 e. The highest BCUT2D eigenvalue weighted by Gasteiger charge is 2.22. The standard InChI is InChI=1S/C17H16ClN3O5/c1-10(16(22)20-13-5-3-4-12(18)9-13)26-17(23)11-6-7-14(19-2)15(8-11)21(24)25/h3-10,19H,1-2H3,(H,20,22)/t10-/m1/s1. The van der Waals surface area contributed by atoms with Crippen molar-refractivity contribution >= 4 is 40.5 Å². The molecule has 1 atom stereocenters. The summed E-state index contributed by atoms with van der Waals surface area (Å²) in [5.41, 5.74) is 0.425. The SMILES string of the molecule is CNc1ccc(C(=O)O[C@H](C)C(=O)Nc2cccc(Cl)c2)cc1[N+](=O)[O-]. The van der Waals surface area contributed by atoms with Gasteiger partial charge in [-0.05, 0) is 37.3 Å². The molecule has 1 amide bonds. The van der Waals surface area contributed by atoms with Gasteiger partial charge in [0, 0.05) is 23.8 Å². The third-order valence-electron chi connectivity index (χ3n) is 3.44. The molecule has 2 rings (SSSR count). The number of nitro groups is 1. The van der Waals surface area contributed by atoms with E-state index in [2.05, 4.69) is 10.6 Å². The van der Waals surface area contributed by atoms with Crippen LogP contribution in [0.15, 0.2) is 42.5 Å². The Morgan fingerprint density at radius 1 is 1.23 bits per heavy atom. The van der Waals surface area contributed by atoms with Crippen molar-refractivity contribution in [1.29, 1.82) is 0 Å². The third kappa shape index (κ3) is 4.70. The normalized spacial score (nSPS) is 11.3. The fourth-order valence-corrected chi connectivity index (χ4v) is 2.30. The van der Waals surface area contributed by atoms with Crippen molar-refractivity contribution in [3.63, 3.8) is 0 Å². The molecule has 0 spiro atoms. The van der Waals surface area contributed by atoms with Gasteiger partial charge in [-0.25, -0.2) is 4.79 Å². The van der Waals surface area contributed by atoms with Crippen LogP contribution in [0.1, 0.15) is 17.3 Å². The van der Waals surface area contributed by atoms with Crippen LogP contribution < -0.4 is 10.6 Å². The molecule has 0 aliphatic carbocycles. The van der Waals surface area contributed by atoms with Crippen molar-refractivity contribution in [2.75, 3.05) is 17.7 Å². The summed E-state index contributed by atoms with van der Waals surface area (Å²) < 4.78 is 5.08. The highest BCUT2D eigenvalue weighted by molar-refractivity contribution is 6.30. The number of nitro benzene ring substituents is 1. The second-order valence-corrected chi connectivity index (χ2v) is 5.72. The number of benzene rings is 2. The number of anilines is 2. The average molecular weight is 378 g/mol. The van der Waals surface area contributed by atoms with Gasteiger partial charge in [0.15, 0.2) is 6.10 Å². The van der Waals surface area contributed by atoms with Crippen molar-refractivity contribution < 1.29 is 19.2 Å². The van der Waals surface area contributed by atoms with Crippen molar-refractivity contribution in [2.24, 2.45) is 0 Å². The van der Waals surface area contributed by atoms with Crippen LogP contribution in [0.25, 0.3) is 0 Å². The van der Waals surface area contributed by atoms with E-state index in [1.165, 1.54) is 26.1 Å². The van der Waals surface area contributed by atoms with Gasteiger partial charge in [-0.2, -0.15) is 0 Å². The van der Waals surface area contributed by atoms with Crippen LogP contribution in [0.4, 0.5) is 17.1 Å². The molecule has 2 N–H and O–H groups in total. The second kappa shape index (κ2) is 8.30. The molecule has 0 aliphatic heterocycles. The second-order valence-electron chi connectivity index (χ2n) is 5.29. The first-order valence-electron chi connectivity index (χ1n) is 7.55. The molecule has 0 bridgehead atoms. The third-order valence-corrected chi connectivity index (χ3v) is 3.68. The number of nitrogens with zero attached hydrogens (tertiary/aromatic N) is 1. The van der Waals surface area contributed by atoms with E-state index in [4.69, 9.17) is 16.3 Å². The Balaban J connectivity index is 2.07. The number of esters is 1. The van der Waals surface area contributed by atoms with E-state index < -0.39 is 22.9 Å². The van der Waals surface area contributed by atoms with Crippen LogP contribution in [0.2, 0.25) is 5.02 Å². The zero-order valence-corrected chi connectivity index (χ0v) is 14.7. The van der Waals surface area contributed by atoms with Crippen LogP contribution in [-0.2, 0) is 9.53 Å². The Hall–Kier alpha value is -3.13. The summed E-state index contributed by atoms with van der Waals surface area (Å²) in [6, 6.07) is 10.4.